The highest BCUT2D eigenvalue weighted by atomic mass is 32.2. The maximum atomic E-state index is 14.0. The normalized spacial score (nSPS) is 16.5. The Morgan fingerprint density at radius 2 is 1.67 bits per heavy atom. The third-order valence-electron chi connectivity index (χ3n) is 5.65. The van der Waals surface area contributed by atoms with Crippen LogP contribution in [0.15, 0.2) is 64.9 Å². The molecule has 0 radical (unpaired) electrons. The molecule has 3 aromatic rings. The van der Waals surface area contributed by atoms with Crippen LogP contribution in [0.5, 0.6) is 0 Å². The molecule has 1 aliphatic rings. The van der Waals surface area contributed by atoms with E-state index >= 15 is 0 Å². The summed E-state index contributed by atoms with van der Waals surface area (Å²) in [5.74, 6) is -2.93. The molecule has 4 rings (SSSR count). The lowest BCUT2D eigenvalue weighted by atomic mass is 9.96. The minimum absolute atomic E-state index is 0.0105. The van der Waals surface area contributed by atoms with Crippen LogP contribution in [0.3, 0.4) is 0 Å². The number of sulfonamides is 1. The Hall–Kier alpha value is -2.69. The Labute approximate surface area is 193 Å². The number of carbonyl (C=O) groups excluding carboxylic acids is 1. The van der Waals surface area contributed by atoms with Crippen molar-refractivity contribution < 1.29 is 26.4 Å². The van der Waals surface area contributed by atoms with E-state index in [4.69, 9.17) is 0 Å². The van der Waals surface area contributed by atoms with Gasteiger partial charge in [0.2, 0.25) is 15.9 Å². The van der Waals surface area contributed by atoms with Gasteiger partial charge < -0.3 is 5.32 Å². The maximum absolute atomic E-state index is 14.0. The summed E-state index contributed by atoms with van der Waals surface area (Å²) < 4.78 is 67.5. The molecule has 0 bridgehead atoms. The molecule has 0 saturated carbocycles. The second kappa shape index (κ2) is 9.66. The van der Waals surface area contributed by atoms with Gasteiger partial charge in [0, 0.05) is 23.9 Å². The molecular weight excluding hydrogens is 473 g/mol. The predicted octanol–water partition coefficient (Wildman–Crippen LogP) is 4.47. The largest absolute Gasteiger partial charge is 0.344 e. The van der Waals surface area contributed by atoms with Gasteiger partial charge in [-0.1, -0.05) is 18.2 Å². The van der Waals surface area contributed by atoms with Crippen LogP contribution in [0, 0.1) is 23.4 Å². The fourth-order valence-corrected chi connectivity index (χ4v) is 6.21. The Balaban J connectivity index is 1.45. The number of benzene rings is 2. The molecule has 1 amide bonds. The second-order valence-corrected chi connectivity index (χ2v) is 10.6. The number of nitrogens with zero attached hydrogens (tertiary/aromatic N) is 1. The summed E-state index contributed by atoms with van der Waals surface area (Å²) in [6, 6.07) is 11.5. The standard InChI is InChI=1S/C23H21F3N2O3S2/c24-17-5-3-15(4-6-17)22(20-2-1-13-32-20)27-23(29)16-9-11-28(12-10-16)33(30,31)21-14-18(25)7-8-19(21)26/h1-8,13-14,16,22H,9-12H2,(H,27,29)/t22-/m1/s1. The molecule has 174 valence electrons. The first-order valence-electron chi connectivity index (χ1n) is 10.3. The number of thiophene rings is 1. The first kappa shape index (κ1) is 23.5. The van der Waals surface area contributed by atoms with E-state index in [1.54, 1.807) is 12.1 Å². The van der Waals surface area contributed by atoms with E-state index in [1.807, 2.05) is 17.5 Å². The van der Waals surface area contributed by atoms with Crippen LogP contribution in [0.2, 0.25) is 0 Å². The van der Waals surface area contributed by atoms with Gasteiger partial charge in [0.15, 0.2) is 0 Å². The molecule has 0 aliphatic carbocycles. The van der Waals surface area contributed by atoms with E-state index in [2.05, 4.69) is 5.32 Å². The first-order valence-corrected chi connectivity index (χ1v) is 12.6. The lowest BCUT2D eigenvalue weighted by Gasteiger charge is -2.31. The third-order valence-corrected chi connectivity index (χ3v) is 8.50. The van der Waals surface area contributed by atoms with Gasteiger partial charge in [-0.05, 0) is 60.2 Å². The number of rotatable bonds is 6. The van der Waals surface area contributed by atoms with Crippen molar-refractivity contribution in [3.8, 4) is 0 Å². The number of nitrogens with one attached hydrogen (secondary N) is 1. The van der Waals surface area contributed by atoms with Crippen molar-refractivity contribution in [3.05, 3.63) is 87.9 Å². The molecule has 10 heteroatoms. The number of hydrogen-bond donors (Lipinski definition) is 1. The molecule has 0 unspecified atom stereocenters. The van der Waals surface area contributed by atoms with Crippen molar-refractivity contribution in [1.82, 2.24) is 9.62 Å². The summed E-state index contributed by atoms with van der Waals surface area (Å²) >= 11 is 1.46. The summed E-state index contributed by atoms with van der Waals surface area (Å²) in [6.45, 7) is 0.0210. The monoisotopic (exact) mass is 494 g/mol. The van der Waals surface area contributed by atoms with Gasteiger partial charge in [-0.3, -0.25) is 4.79 Å². The van der Waals surface area contributed by atoms with E-state index in [0.717, 1.165) is 26.9 Å². The highest BCUT2D eigenvalue weighted by Gasteiger charge is 2.34. The Bertz CT molecular complexity index is 1220. The molecule has 1 N–H and O–H groups in total. The minimum atomic E-state index is -4.22. The molecular formula is C23H21F3N2O3S2. The lowest BCUT2D eigenvalue weighted by molar-refractivity contribution is -0.126. The van der Waals surface area contributed by atoms with Gasteiger partial charge in [-0.15, -0.1) is 11.3 Å². The molecule has 1 atom stereocenters. The summed E-state index contributed by atoms with van der Waals surface area (Å²) in [4.78, 5) is 13.2. The SMILES string of the molecule is O=C(N[C@H](c1ccc(F)cc1)c1cccs1)C1CCN(S(=O)(=O)c2cc(F)ccc2F)CC1. The van der Waals surface area contributed by atoms with E-state index in [0.29, 0.717) is 6.07 Å². The van der Waals surface area contributed by atoms with Crippen LogP contribution in [0.1, 0.15) is 29.3 Å². The second-order valence-electron chi connectivity index (χ2n) is 7.76. The number of hydrogen-bond acceptors (Lipinski definition) is 4. The summed E-state index contributed by atoms with van der Waals surface area (Å²) in [6.07, 6.45) is 0.477. The zero-order valence-electron chi connectivity index (χ0n) is 17.4. The topological polar surface area (TPSA) is 66.5 Å². The predicted molar refractivity (Wildman–Crippen MR) is 119 cm³/mol. The molecule has 2 heterocycles. The summed E-state index contributed by atoms with van der Waals surface area (Å²) in [7, 11) is -4.22. The maximum Gasteiger partial charge on any atom is 0.246 e. The van der Waals surface area contributed by atoms with Crippen molar-refractivity contribution in [2.24, 2.45) is 5.92 Å². The zero-order valence-corrected chi connectivity index (χ0v) is 19.0. The quantitative estimate of drug-likeness (QED) is 0.550. The van der Waals surface area contributed by atoms with E-state index in [-0.39, 0.29) is 37.7 Å². The van der Waals surface area contributed by atoms with Gasteiger partial charge in [0.25, 0.3) is 0 Å². The Kier molecular flexibility index (Phi) is 6.87. The van der Waals surface area contributed by atoms with Crippen molar-refractivity contribution in [2.75, 3.05) is 13.1 Å². The highest BCUT2D eigenvalue weighted by Crippen LogP contribution is 2.29. The van der Waals surface area contributed by atoms with Crippen molar-refractivity contribution in [3.63, 3.8) is 0 Å². The molecule has 2 aromatic carbocycles. The van der Waals surface area contributed by atoms with Crippen LogP contribution in [-0.4, -0.2) is 31.7 Å². The minimum Gasteiger partial charge on any atom is -0.344 e. The van der Waals surface area contributed by atoms with E-state index in [1.165, 1.54) is 23.5 Å². The number of piperidine rings is 1. The van der Waals surface area contributed by atoms with E-state index < -0.39 is 38.5 Å². The molecule has 1 saturated heterocycles. The smallest absolute Gasteiger partial charge is 0.246 e. The van der Waals surface area contributed by atoms with Crippen LogP contribution in [0.25, 0.3) is 0 Å². The molecule has 1 aromatic heterocycles. The fourth-order valence-electron chi connectivity index (χ4n) is 3.86. The van der Waals surface area contributed by atoms with Crippen molar-refractivity contribution >= 4 is 27.3 Å². The van der Waals surface area contributed by atoms with Gasteiger partial charge in [0.05, 0.1) is 6.04 Å². The number of halogens is 3. The average Bonchev–Trinajstić information content (AvgIpc) is 3.34. The number of carbonyl (C=O) groups is 1. The van der Waals surface area contributed by atoms with E-state index in [9.17, 15) is 26.4 Å². The van der Waals surface area contributed by atoms with Gasteiger partial charge in [-0.25, -0.2) is 21.6 Å². The molecule has 1 aliphatic heterocycles. The van der Waals surface area contributed by atoms with Crippen LogP contribution < -0.4 is 5.32 Å². The lowest BCUT2D eigenvalue weighted by Crippen LogP contribution is -2.43. The zero-order chi connectivity index (χ0) is 23.6. The molecule has 33 heavy (non-hydrogen) atoms. The first-order chi connectivity index (χ1) is 15.8. The van der Waals surface area contributed by atoms with Crippen LogP contribution >= 0.6 is 11.3 Å². The van der Waals surface area contributed by atoms with Crippen LogP contribution in [-0.2, 0) is 14.8 Å². The van der Waals surface area contributed by atoms with Crippen molar-refractivity contribution in [1.29, 1.82) is 0 Å². The molecule has 1 fully saturated rings. The van der Waals surface area contributed by atoms with Crippen molar-refractivity contribution in [2.45, 2.75) is 23.8 Å². The third kappa shape index (κ3) is 5.13. The summed E-state index contributed by atoms with van der Waals surface area (Å²) in [5.41, 5.74) is 0.730. The molecule has 5 nitrogen and oxygen atoms in total. The van der Waals surface area contributed by atoms with Crippen LogP contribution in [0.4, 0.5) is 13.2 Å². The average molecular weight is 495 g/mol. The molecule has 0 spiro atoms. The highest BCUT2D eigenvalue weighted by molar-refractivity contribution is 7.89. The van der Waals surface area contributed by atoms with Gasteiger partial charge in [0.1, 0.15) is 22.3 Å². The Morgan fingerprint density at radius 1 is 1.00 bits per heavy atom. The summed E-state index contributed by atoms with van der Waals surface area (Å²) in [5, 5.41) is 4.88. The Morgan fingerprint density at radius 3 is 2.30 bits per heavy atom. The number of amides is 1. The fraction of sp³-hybridized carbons (Fsp3) is 0.261. The van der Waals surface area contributed by atoms with Gasteiger partial charge in [-0.2, -0.15) is 4.31 Å². The van der Waals surface area contributed by atoms with Gasteiger partial charge >= 0.3 is 0 Å².